The molecule has 3 heterocycles. The van der Waals surface area contributed by atoms with Gasteiger partial charge in [0.25, 0.3) is 0 Å². The number of fused-ring (bicyclic) bond motifs is 1. The Kier molecular flexibility index (Phi) is 5.76. The summed E-state index contributed by atoms with van der Waals surface area (Å²) in [5, 5.41) is 5.47. The van der Waals surface area contributed by atoms with Gasteiger partial charge in [-0.2, -0.15) is 0 Å². The van der Waals surface area contributed by atoms with Gasteiger partial charge in [-0.15, -0.1) is 11.3 Å². The lowest BCUT2D eigenvalue weighted by Gasteiger charge is -2.33. The summed E-state index contributed by atoms with van der Waals surface area (Å²) >= 11 is 1.80. The molecule has 3 rings (SSSR count). The Morgan fingerprint density at radius 2 is 2.12 bits per heavy atom. The maximum Gasteiger partial charge on any atom is 0.244 e. The van der Waals surface area contributed by atoms with Crippen LogP contribution in [0, 0.1) is 5.92 Å². The first-order chi connectivity index (χ1) is 11.7. The van der Waals surface area contributed by atoms with Crippen LogP contribution in [-0.4, -0.2) is 54.4 Å². The zero-order valence-corrected chi connectivity index (χ0v) is 15.6. The largest absolute Gasteiger partial charge is 0.357 e. The summed E-state index contributed by atoms with van der Waals surface area (Å²) in [4.78, 5) is 22.8. The van der Waals surface area contributed by atoms with E-state index in [1.165, 1.54) is 23.3 Å². The van der Waals surface area contributed by atoms with Crippen LogP contribution in [-0.2, 0) is 17.8 Å². The second kappa shape index (κ2) is 8.01. The van der Waals surface area contributed by atoms with E-state index in [0.29, 0.717) is 0 Å². The van der Waals surface area contributed by atoms with E-state index in [9.17, 15) is 4.79 Å². The third kappa shape index (κ3) is 4.09. The molecular formula is C18H28N4OS. The van der Waals surface area contributed by atoms with Gasteiger partial charge in [0, 0.05) is 37.6 Å². The SMILES string of the molecule is CCNC(=NCC(=O)N1CCc2sccc2C1)N1CCC(C)CC1. The van der Waals surface area contributed by atoms with Gasteiger partial charge in [0.15, 0.2) is 5.96 Å². The minimum Gasteiger partial charge on any atom is -0.357 e. The highest BCUT2D eigenvalue weighted by molar-refractivity contribution is 7.10. The van der Waals surface area contributed by atoms with Crippen molar-refractivity contribution in [3.8, 4) is 0 Å². The maximum absolute atomic E-state index is 12.5. The van der Waals surface area contributed by atoms with Crippen LogP contribution in [0.1, 0.15) is 37.1 Å². The molecule has 1 saturated heterocycles. The molecule has 1 fully saturated rings. The van der Waals surface area contributed by atoms with Crippen LogP contribution in [0.5, 0.6) is 0 Å². The third-order valence-electron chi connectivity index (χ3n) is 4.94. The molecule has 1 aromatic rings. The lowest BCUT2D eigenvalue weighted by atomic mass is 10.00. The van der Waals surface area contributed by atoms with Crippen molar-refractivity contribution < 1.29 is 4.79 Å². The van der Waals surface area contributed by atoms with Crippen molar-refractivity contribution in [1.29, 1.82) is 0 Å². The molecule has 0 radical (unpaired) electrons. The number of hydrogen-bond donors (Lipinski definition) is 1. The number of hydrogen-bond acceptors (Lipinski definition) is 3. The van der Waals surface area contributed by atoms with Crippen molar-refractivity contribution in [1.82, 2.24) is 15.1 Å². The number of carbonyl (C=O) groups is 1. The monoisotopic (exact) mass is 348 g/mol. The van der Waals surface area contributed by atoms with Gasteiger partial charge >= 0.3 is 0 Å². The molecule has 5 nitrogen and oxygen atoms in total. The second-order valence-corrected chi connectivity index (χ2v) is 7.77. The zero-order chi connectivity index (χ0) is 16.9. The molecule has 132 valence electrons. The number of carbonyl (C=O) groups excluding carboxylic acids is 1. The Labute approximate surface area is 148 Å². The first-order valence-corrected chi connectivity index (χ1v) is 9.91. The molecule has 2 aliphatic rings. The normalized spacial score (nSPS) is 19.3. The Morgan fingerprint density at radius 3 is 2.88 bits per heavy atom. The topological polar surface area (TPSA) is 47.9 Å². The zero-order valence-electron chi connectivity index (χ0n) is 14.8. The Hall–Kier alpha value is -1.56. The van der Waals surface area contributed by atoms with Crippen molar-refractivity contribution in [2.24, 2.45) is 10.9 Å². The van der Waals surface area contributed by atoms with Gasteiger partial charge in [0.2, 0.25) is 5.91 Å². The summed E-state index contributed by atoms with van der Waals surface area (Å²) in [5.74, 6) is 1.82. The van der Waals surface area contributed by atoms with E-state index in [1.807, 2.05) is 4.90 Å². The number of likely N-dealkylation sites (tertiary alicyclic amines) is 1. The van der Waals surface area contributed by atoms with E-state index < -0.39 is 0 Å². The molecule has 1 aromatic heterocycles. The predicted octanol–water partition coefficient (Wildman–Crippen LogP) is 2.33. The molecular weight excluding hydrogens is 320 g/mol. The Bertz CT molecular complexity index is 590. The number of nitrogens with one attached hydrogen (secondary N) is 1. The highest BCUT2D eigenvalue weighted by atomic mass is 32.1. The molecule has 1 amide bonds. The molecule has 2 aliphatic heterocycles. The summed E-state index contributed by atoms with van der Waals surface area (Å²) in [7, 11) is 0. The van der Waals surface area contributed by atoms with Crippen LogP contribution in [0.25, 0.3) is 0 Å². The first kappa shape index (κ1) is 17.3. The van der Waals surface area contributed by atoms with Crippen LogP contribution >= 0.6 is 11.3 Å². The number of nitrogens with zero attached hydrogens (tertiary/aromatic N) is 3. The van der Waals surface area contributed by atoms with Gasteiger partial charge < -0.3 is 15.1 Å². The van der Waals surface area contributed by atoms with E-state index in [4.69, 9.17) is 0 Å². The van der Waals surface area contributed by atoms with Gasteiger partial charge in [0.05, 0.1) is 0 Å². The average molecular weight is 349 g/mol. The molecule has 0 aromatic carbocycles. The van der Waals surface area contributed by atoms with E-state index in [-0.39, 0.29) is 12.5 Å². The van der Waals surface area contributed by atoms with E-state index in [2.05, 4.69) is 40.5 Å². The molecule has 6 heteroatoms. The van der Waals surface area contributed by atoms with Crippen LogP contribution in [0.3, 0.4) is 0 Å². The van der Waals surface area contributed by atoms with Gasteiger partial charge in [-0.3, -0.25) is 4.79 Å². The van der Waals surface area contributed by atoms with Gasteiger partial charge in [-0.25, -0.2) is 4.99 Å². The molecule has 1 N–H and O–H groups in total. The van der Waals surface area contributed by atoms with E-state index in [0.717, 1.165) is 51.0 Å². The first-order valence-electron chi connectivity index (χ1n) is 9.03. The van der Waals surface area contributed by atoms with Crippen molar-refractivity contribution in [3.05, 3.63) is 21.9 Å². The van der Waals surface area contributed by atoms with Crippen molar-refractivity contribution >= 4 is 23.2 Å². The second-order valence-electron chi connectivity index (χ2n) is 6.77. The fraction of sp³-hybridized carbons (Fsp3) is 0.667. The van der Waals surface area contributed by atoms with Gasteiger partial charge in [-0.1, -0.05) is 6.92 Å². The average Bonchev–Trinajstić information content (AvgIpc) is 3.07. The summed E-state index contributed by atoms with van der Waals surface area (Å²) in [6.45, 7) is 9.08. The molecule has 0 spiro atoms. The third-order valence-corrected chi connectivity index (χ3v) is 5.97. The quantitative estimate of drug-likeness (QED) is 0.674. The van der Waals surface area contributed by atoms with E-state index >= 15 is 0 Å². The Morgan fingerprint density at radius 1 is 1.33 bits per heavy atom. The summed E-state index contributed by atoms with van der Waals surface area (Å²) < 4.78 is 0. The van der Waals surface area contributed by atoms with Crippen LogP contribution in [0.15, 0.2) is 16.4 Å². The number of amides is 1. The number of thiophene rings is 1. The molecule has 24 heavy (non-hydrogen) atoms. The smallest absolute Gasteiger partial charge is 0.244 e. The lowest BCUT2D eigenvalue weighted by molar-refractivity contribution is -0.130. The summed E-state index contributed by atoms with van der Waals surface area (Å²) in [6.07, 6.45) is 3.38. The predicted molar refractivity (Wildman–Crippen MR) is 99.4 cm³/mol. The molecule has 0 aliphatic carbocycles. The number of rotatable bonds is 3. The van der Waals surface area contributed by atoms with Crippen LogP contribution in [0.2, 0.25) is 0 Å². The van der Waals surface area contributed by atoms with Crippen LogP contribution in [0.4, 0.5) is 0 Å². The minimum atomic E-state index is 0.132. The fourth-order valence-corrected chi connectivity index (χ4v) is 4.24. The lowest BCUT2D eigenvalue weighted by Crippen LogP contribution is -2.46. The van der Waals surface area contributed by atoms with Crippen molar-refractivity contribution in [2.75, 3.05) is 32.7 Å². The Balaban J connectivity index is 1.58. The van der Waals surface area contributed by atoms with E-state index in [1.54, 1.807) is 11.3 Å². The minimum absolute atomic E-state index is 0.132. The number of guanidine groups is 1. The maximum atomic E-state index is 12.5. The van der Waals surface area contributed by atoms with Gasteiger partial charge in [-0.05, 0) is 49.1 Å². The van der Waals surface area contributed by atoms with Crippen molar-refractivity contribution in [3.63, 3.8) is 0 Å². The highest BCUT2D eigenvalue weighted by Gasteiger charge is 2.22. The molecule has 0 bridgehead atoms. The summed E-state index contributed by atoms with van der Waals surface area (Å²) in [5.41, 5.74) is 1.31. The van der Waals surface area contributed by atoms with Gasteiger partial charge in [0.1, 0.15) is 6.54 Å². The van der Waals surface area contributed by atoms with Crippen molar-refractivity contribution in [2.45, 2.75) is 39.7 Å². The molecule has 0 atom stereocenters. The fourth-order valence-electron chi connectivity index (χ4n) is 3.35. The number of piperidine rings is 1. The summed E-state index contributed by atoms with van der Waals surface area (Å²) in [6, 6.07) is 2.14. The molecule has 0 saturated carbocycles. The van der Waals surface area contributed by atoms with Crippen LogP contribution < -0.4 is 5.32 Å². The molecule has 0 unspecified atom stereocenters. The standard InChI is InChI=1S/C18H28N4OS/c1-3-19-18(21-8-4-14(2)5-9-21)20-12-17(23)22-10-6-16-15(13-22)7-11-24-16/h7,11,14H,3-6,8-10,12-13H2,1-2H3,(H,19,20). The highest BCUT2D eigenvalue weighted by Crippen LogP contribution is 2.24. The number of aliphatic imine (C=N–C) groups is 1.